The molecule has 0 saturated heterocycles. The topological polar surface area (TPSA) is 26.3 Å². The fourth-order valence-corrected chi connectivity index (χ4v) is 1.14. The summed E-state index contributed by atoms with van der Waals surface area (Å²) in [6.45, 7) is 4.72. The van der Waals surface area contributed by atoms with E-state index in [0.29, 0.717) is 12.5 Å². The van der Waals surface area contributed by atoms with Crippen LogP contribution in [0.1, 0.15) is 39.5 Å². The number of hydrogen-bond acceptors (Lipinski definition) is 2. The number of halogens is 1. The van der Waals surface area contributed by atoms with Gasteiger partial charge in [0.25, 0.3) is 0 Å². The number of carbonyl (C=O) groups is 1. The first-order chi connectivity index (χ1) is 5.70. The van der Waals surface area contributed by atoms with Crippen LogP contribution in [0.15, 0.2) is 0 Å². The van der Waals surface area contributed by atoms with E-state index in [1.807, 2.05) is 0 Å². The van der Waals surface area contributed by atoms with Gasteiger partial charge in [0.1, 0.15) is 0 Å². The summed E-state index contributed by atoms with van der Waals surface area (Å²) in [7, 11) is 0. The summed E-state index contributed by atoms with van der Waals surface area (Å²) in [6.07, 6.45) is 4.55. The van der Waals surface area contributed by atoms with Gasteiger partial charge in [0, 0.05) is 30.5 Å². The van der Waals surface area contributed by atoms with E-state index >= 15 is 0 Å². The van der Waals surface area contributed by atoms with E-state index in [-0.39, 0.29) is 18.9 Å². The molecule has 0 N–H and O–H groups in total. The number of hydrogen-bond donors (Lipinski definition) is 0. The SMILES string of the molecule is CCCCC(CC)COC(=O)Cl.[Li]. The molecule has 0 aliphatic rings. The van der Waals surface area contributed by atoms with E-state index in [1.165, 1.54) is 12.8 Å². The summed E-state index contributed by atoms with van der Waals surface area (Å²) in [4.78, 5) is 10.3. The third-order valence-electron chi connectivity index (χ3n) is 1.98. The van der Waals surface area contributed by atoms with Gasteiger partial charge in [-0.3, -0.25) is 0 Å². The molecule has 0 aliphatic carbocycles. The molecule has 0 rings (SSSR count). The van der Waals surface area contributed by atoms with Gasteiger partial charge in [0.15, 0.2) is 0 Å². The number of unbranched alkanes of at least 4 members (excludes halogenated alkanes) is 1. The molecule has 2 nitrogen and oxygen atoms in total. The van der Waals surface area contributed by atoms with Crippen molar-refractivity contribution in [1.82, 2.24) is 0 Å². The Labute approximate surface area is 97.5 Å². The minimum atomic E-state index is -0.690. The third-order valence-corrected chi connectivity index (χ3v) is 2.08. The van der Waals surface area contributed by atoms with Crippen LogP contribution in [0.4, 0.5) is 4.79 Å². The summed E-state index contributed by atoms with van der Waals surface area (Å²) in [5.41, 5.74) is -0.690. The Morgan fingerprint density at radius 2 is 2.08 bits per heavy atom. The van der Waals surface area contributed by atoms with E-state index in [4.69, 9.17) is 16.3 Å². The summed E-state index contributed by atoms with van der Waals surface area (Å²) >= 11 is 5.05. The predicted molar refractivity (Wildman–Crippen MR) is 56.3 cm³/mol. The van der Waals surface area contributed by atoms with Gasteiger partial charge in [-0.15, -0.1) is 0 Å². The van der Waals surface area contributed by atoms with Crippen LogP contribution < -0.4 is 0 Å². The fourth-order valence-electron chi connectivity index (χ4n) is 1.08. The largest absolute Gasteiger partial charge is 0.453 e. The van der Waals surface area contributed by atoms with Gasteiger partial charge in [0.2, 0.25) is 0 Å². The predicted octanol–water partition coefficient (Wildman–Crippen LogP) is 3.20. The quantitative estimate of drug-likeness (QED) is 0.485. The van der Waals surface area contributed by atoms with Crippen molar-refractivity contribution in [3.63, 3.8) is 0 Å². The van der Waals surface area contributed by atoms with Crippen molar-refractivity contribution in [2.45, 2.75) is 39.5 Å². The molecule has 4 heteroatoms. The maximum Gasteiger partial charge on any atom is 0.403 e. The number of carbonyl (C=O) groups excluding carboxylic acids is 1. The van der Waals surface area contributed by atoms with E-state index < -0.39 is 5.43 Å². The van der Waals surface area contributed by atoms with Crippen LogP contribution in [-0.4, -0.2) is 30.9 Å². The molecular formula is C9H17ClLiO2. The maximum absolute atomic E-state index is 10.3. The average molecular weight is 200 g/mol. The molecule has 0 aliphatic heterocycles. The molecule has 0 amide bonds. The third kappa shape index (κ3) is 10.3. The van der Waals surface area contributed by atoms with Crippen molar-refractivity contribution in [3.8, 4) is 0 Å². The maximum atomic E-state index is 10.3. The smallest absolute Gasteiger partial charge is 0.403 e. The second-order valence-corrected chi connectivity index (χ2v) is 3.27. The van der Waals surface area contributed by atoms with Crippen molar-refractivity contribution in [3.05, 3.63) is 0 Å². The van der Waals surface area contributed by atoms with Gasteiger partial charge in [-0.05, 0) is 12.3 Å². The Morgan fingerprint density at radius 3 is 2.46 bits per heavy atom. The number of rotatable bonds is 6. The molecule has 1 atom stereocenters. The summed E-state index contributed by atoms with van der Waals surface area (Å²) in [5.74, 6) is 0.479. The molecule has 13 heavy (non-hydrogen) atoms. The summed E-state index contributed by atoms with van der Waals surface area (Å²) in [6, 6.07) is 0. The van der Waals surface area contributed by atoms with Crippen LogP contribution in [0.5, 0.6) is 0 Å². The standard InChI is InChI=1S/C9H17ClO2.Li/c1-3-5-6-8(4-2)7-12-9(10)11;/h8H,3-7H2,1-2H3;. The normalized spacial score (nSPS) is 11.6. The zero-order valence-corrected chi connectivity index (χ0v) is 9.56. The van der Waals surface area contributed by atoms with Crippen molar-refractivity contribution in [2.24, 2.45) is 5.92 Å². The molecule has 0 saturated carbocycles. The fraction of sp³-hybridized carbons (Fsp3) is 0.889. The zero-order chi connectivity index (χ0) is 9.40. The Hall–Kier alpha value is 0.357. The first-order valence-corrected chi connectivity index (χ1v) is 4.90. The molecule has 0 aromatic heterocycles. The van der Waals surface area contributed by atoms with Gasteiger partial charge in [-0.25, -0.2) is 4.79 Å². The summed E-state index contributed by atoms with van der Waals surface area (Å²) < 4.78 is 4.72. The van der Waals surface area contributed by atoms with Gasteiger partial charge >= 0.3 is 5.43 Å². The van der Waals surface area contributed by atoms with Gasteiger partial charge < -0.3 is 4.74 Å². The van der Waals surface area contributed by atoms with Crippen LogP contribution in [0.3, 0.4) is 0 Å². The van der Waals surface area contributed by atoms with E-state index in [2.05, 4.69) is 13.8 Å². The minimum absolute atomic E-state index is 0. The van der Waals surface area contributed by atoms with Crippen LogP contribution in [0, 0.1) is 5.92 Å². The van der Waals surface area contributed by atoms with Crippen molar-refractivity contribution in [1.29, 1.82) is 0 Å². The first-order valence-electron chi connectivity index (χ1n) is 4.52. The molecule has 0 aromatic carbocycles. The molecule has 1 unspecified atom stereocenters. The van der Waals surface area contributed by atoms with E-state index in [1.54, 1.807) is 0 Å². The molecule has 0 fully saturated rings. The molecule has 73 valence electrons. The van der Waals surface area contributed by atoms with Crippen LogP contribution in [0.25, 0.3) is 0 Å². The zero-order valence-electron chi connectivity index (χ0n) is 8.81. The van der Waals surface area contributed by atoms with Gasteiger partial charge in [0.05, 0.1) is 6.61 Å². The molecule has 0 heterocycles. The first kappa shape index (κ1) is 15.8. The Balaban J connectivity index is 0. The monoisotopic (exact) mass is 199 g/mol. The second-order valence-electron chi connectivity index (χ2n) is 2.97. The molecule has 1 radical (unpaired) electrons. The van der Waals surface area contributed by atoms with Crippen molar-refractivity contribution in [2.75, 3.05) is 6.61 Å². The van der Waals surface area contributed by atoms with Crippen LogP contribution in [-0.2, 0) is 4.74 Å². The number of ether oxygens (including phenoxy) is 1. The summed E-state index contributed by atoms with van der Waals surface area (Å²) in [5, 5.41) is 0. The Morgan fingerprint density at radius 1 is 1.46 bits per heavy atom. The molecule has 0 aromatic rings. The van der Waals surface area contributed by atoms with Crippen LogP contribution >= 0.6 is 11.6 Å². The second kappa shape index (κ2) is 10.4. The Bertz CT molecular complexity index is 131. The van der Waals surface area contributed by atoms with Crippen molar-refractivity contribution >= 4 is 35.9 Å². The van der Waals surface area contributed by atoms with E-state index in [9.17, 15) is 4.79 Å². The molecule has 0 bridgehead atoms. The minimum Gasteiger partial charge on any atom is -0.453 e. The molecular weight excluding hydrogens is 182 g/mol. The van der Waals surface area contributed by atoms with Gasteiger partial charge in [-0.1, -0.05) is 33.1 Å². The van der Waals surface area contributed by atoms with Gasteiger partial charge in [-0.2, -0.15) is 0 Å². The average Bonchev–Trinajstić information content (AvgIpc) is 2.05. The molecule has 0 spiro atoms. The van der Waals surface area contributed by atoms with E-state index in [0.717, 1.165) is 12.8 Å². The Kier molecular flexibility index (Phi) is 12.7. The van der Waals surface area contributed by atoms with Crippen LogP contribution in [0.2, 0.25) is 0 Å². The van der Waals surface area contributed by atoms with Crippen molar-refractivity contribution < 1.29 is 9.53 Å².